The smallest absolute Gasteiger partial charge is 0.273 e. The largest absolute Gasteiger partial charge is 0.493 e. The predicted molar refractivity (Wildman–Crippen MR) is 121 cm³/mol. The highest BCUT2D eigenvalue weighted by molar-refractivity contribution is 9.10. The Bertz CT molecular complexity index is 1120. The van der Waals surface area contributed by atoms with Gasteiger partial charge < -0.3 is 14.8 Å². The zero-order chi connectivity index (χ0) is 22.2. The number of nitrogens with one attached hydrogen (secondary N) is 2. The summed E-state index contributed by atoms with van der Waals surface area (Å²) in [6.45, 7) is 0. The minimum absolute atomic E-state index is 0.242. The van der Waals surface area contributed by atoms with Crippen molar-refractivity contribution in [2.24, 2.45) is 5.10 Å². The van der Waals surface area contributed by atoms with E-state index in [2.05, 4.69) is 36.8 Å². The number of hydrogen-bond donors (Lipinski definition) is 2. The number of anilines is 1. The van der Waals surface area contributed by atoms with Crippen LogP contribution in [-0.4, -0.2) is 37.2 Å². The van der Waals surface area contributed by atoms with Gasteiger partial charge in [0, 0.05) is 28.0 Å². The van der Waals surface area contributed by atoms with Crippen molar-refractivity contribution in [2.75, 3.05) is 19.5 Å². The second kappa shape index (κ2) is 10.4. The van der Waals surface area contributed by atoms with Crippen molar-refractivity contribution in [1.29, 1.82) is 0 Å². The van der Waals surface area contributed by atoms with Crippen molar-refractivity contribution in [3.63, 3.8) is 0 Å². The molecule has 2 aromatic carbocycles. The molecule has 9 heteroatoms. The van der Waals surface area contributed by atoms with E-state index < -0.39 is 11.8 Å². The molecular weight excluding hydrogens is 464 g/mol. The molecule has 1 aromatic heterocycles. The van der Waals surface area contributed by atoms with Gasteiger partial charge in [0.1, 0.15) is 0 Å². The summed E-state index contributed by atoms with van der Waals surface area (Å²) in [4.78, 5) is 29.4. The maximum Gasteiger partial charge on any atom is 0.273 e. The fourth-order valence-corrected chi connectivity index (χ4v) is 3.02. The zero-order valence-corrected chi connectivity index (χ0v) is 18.3. The molecule has 3 rings (SSSR count). The summed E-state index contributed by atoms with van der Waals surface area (Å²) in [7, 11) is 3.00. The second-order valence-corrected chi connectivity index (χ2v) is 7.11. The molecule has 0 unspecified atom stereocenters. The topological polar surface area (TPSA) is 102 Å². The fraction of sp³-hybridized carbons (Fsp3) is 0.0909. The Balaban J connectivity index is 1.78. The lowest BCUT2D eigenvalue weighted by Crippen LogP contribution is -2.21. The van der Waals surface area contributed by atoms with Gasteiger partial charge in [0.2, 0.25) is 0 Å². The Morgan fingerprint density at radius 2 is 1.84 bits per heavy atom. The molecule has 0 atom stereocenters. The van der Waals surface area contributed by atoms with Crippen LogP contribution >= 0.6 is 15.9 Å². The number of hydrazone groups is 1. The number of methoxy groups -OCH3 is 2. The van der Waals surface area contributed by atoms with Crippen LogP contribution in [0.1, 0.15) is 26.3 Å². The fourth-order valence-electron chi connectivity index (χ4n) is 2.66. The van der Waals surface area contributed by atoms with Crippen LogP contribution in [0.25, 0.3) is 0 Å². The van der Waals surface area contributed by atoms with E-state index in [1.807, 2.05) is 0 Å². The number of benzene rings is 2. The van der Waals surface area contributed by atoms with Gasteiger partial charge in [-0.2, -0.15) is 5.10 Å². The van der Waals surface area contributed by atoms with E-state index >= 15 is 0 Å². The molecule has 0 radical (unpaired) electrons. The molecule has 1 heterocycles. The summed E-state index contributed by atoms with van der Waals surface area (Å²) >= 11 is 3.35. The van der Waals surface area contributed by atoms with E-state index in [1.165, 1.54) is 20.4 Å². The number of nitrogens with zero attached hydrogens (tertiary/aromatic N) is 2. The predicted octanol–water partition coefficient (Wildman–Crippen LogP) is 3.88. The molecule has 0 aliphatic heterocycles. The molecule has 0 fully saturated rings. The van der Waals surface area contributed by atoms with Crippen LogP contribution in [0, 0.1) is 0 Å². The quantitative estimate of drug-likeness (QED) is 0.393. The molecule has 0 spiro atoms. The molecule has 0 bridgehead atoms. The van der Waals surface area contributed by atoms with Crippen molar-refractivity contribution >= 4 is 39.6 Å². The number of rotatable bonds is 7. The number of halogens is 1. The lowest BCUT2D eigenvalue weighted by molar-refractivity contribution is 0.0956. The van der Waals surface area contributed by atoms with Gasteiger partial charge in [0.15, 0.2) is 11.5 Å². The van der Waals surface area contributed by atoms with Crippen LogP contribution in [0.15, 0.2) is 70.5 Å². The lowest BCUT2D eigenvalue weighted by Gasteiger charge is -2.12. The molecule has 0 aliphatic carbocycles. The third-order valence-electron chi connectivity index (χ3n) is 4.18. The van der Waals surface area contributed by atoms with Crippen LogP contribution in [0.3, 0.4) is 0 Å². The number of carbonyl (C=O) groups is 2. The zero-order valence-electron chi connectivity index (χ0n) is 16.8. The number of ether oxygens (including phenoxy) is 2. The van der Waals surface area contributed by atoms with Crippen LogP contribution in [0.2, 0.25) is 0 Å². The Kier molecular flexibility index (Phi) is 7.34. The van der Waals surface area contributed by atoms with E-state index in [-0.39, 0.29) is 5.56 Å². The summed E-state index contributed by atoms with van der Waals surface area (Å²) < 4.78 is 11.1. The third-order valence-corrected chi connectivity index (χ3v) is 4.68. The van der Waals surface area contributed by atoms with Gasteiger partial charge in [-0.05, 0) is 42.5 Å². The molecule has 3 aromatic rings. The molecule has 158 valence electrons. The Morgan fingerprint density at radius 1 is 1.03 bits per heavy atom. The molecule has 0 aliphatic rings. The monoisotopic (exact) mass is 482 g/mol. The number of amides is 2. The van der Waals surface area contributed by atoms with Crippen LogP contribution < -0.4 is 20.2 Å². The van der Waals surface area contributed by atoms with Gasteiger partial charge in [-0.1, -0.05) is 22.0 Å². The normalized spacial score (nSPS) is 10.5. The van der Waals surface area contributed by atoms with Gasteiger partial charge in [0.25, 0.3) is 11.8 Å². The molecule has 8 nitrogen and oxygen atoms in total. The summed E-state index contributed by atoms with van der Waals surface area (Å²) in [5.41, 5.74) is 4.11. The minimum atomic E-state index is -0.482. The van der Waals surface area contributed by atoms with Crippen molar-refractivity contribution in [2.45, 2.75) is 0 Å². The average Bonchev–Trinajstić information content (AvgIpc) is 2.80. The Labute approximate surface area is 187 Å². The molecule has 31 heavy (non-hydrogen) atoms. The van der Waals surface area contributed by atoms with Gasteiger partial charge in [-0.3, -0.25) is 14.6 Å². The lowest BCUT2D eigenvalue weighted by atomic mass is 10.1. The van der Waals surface area contributed by atoms with Crippen molar-refractivity contribution in [3.05, 3.63) is 82.1 Å². The summed E-state index contributed by atoms with van der Waals surface area (Å²) in [5.74, 6) is 0.0446. The van der Waals surface area contributed by atoms with Gasteiger partial charge in [-0.15, -0.1) is 0 Å². The number of pyridine rings is 1. The van der Waals surface area contributed by atoms with Gasteiger partial charge in [-0.25, -0.2) is 5.43 Å². The molecular formula is C22H19BrN4O4. The summed E-state index contributed by atoms with van der Waals surface area (Å²) in [6, 6.07) is 13.3. The third kappa shape index (κ3) is 5.67. The number of carbonyl (C=O) groups excluding carboxylic acids is 2. The van der Waals surface area contributed by atoms with E-state index in [1.54, 1.807) is 60.9 Å². The average molecular weight is 483 g/mol. The first-order valence-corrected chi connectivity index (χ1v) is 9.87. The first kappa shape index (κ1) is 22.0. The first-order valence-electron chi connectivity index (χ1n) is 9.08. The van der Waals surface area contributed by atoms with E-state index in [0.29, 0.717) is 27.2 Å². The second-order valence-electron chi connectivity index (χ2n) is 6.20. The van der Waals surface area contributed by atoms with Crippen LogP contribution in [-0.2, 0) is 0 Å². The maximum absolute atomic E-state index is 12.8. The van der Waals surface area contributed by atoms with Crippen molar-refractivity contribution in [1.82, 2.24) is 10.4 Å². The Hall–Kier alpha value is -3.72. The number of aromatic nitrogens is 1. The molecule has 0 saturated heterocycles. The Morgan fingerprint density at radius 3 is 2.55 bits per heavy atom. The summed E-state index contributed by atoms with van der Waals surface area (Å²) in [5, 5.41) is 6.70. The standard InChI is InChI=1S/C22H19BrN4O4/c1-30-19-8-5-15(10-20(19)31-2)21(28)26-18-7-6-16(23)11-17(18)22(29)27-25-13-14-4-3-9-24-12-14/h3-13H,1-2H3,(H,26,28)(H,27,29)/b25-13+. The maximum atomic E-state index is 12.8. The molecule has 2 N–H and O–H groups in total. The molecule has 2 amide bonds. The van der Waals surface area contributed by atoms with Gasteiger partial charge >= 0.3 is 0 Å². The number of hydrogen-bond acceptors (Lipinski definition) is 6. The highest BCUT2D eigenvalue weighted by Gasteiger charge is 2.16. The minimum Gasteiger partial charge on any atom is -0.493 e. The van der Waals surface area contributed by atoms with E-state index in [9.17, 15) is 9.59 Å². The van der Waals surface area contributed by atoms with Crippen molar-refractivity contribution < 1.29 is 19.1 Å². The van der Waals surface area contributed by atoms with Gasteiger partial charge in [0.05, 0.1) is 31.7 Å². The van der Waals surface area contributed by atoms with E-state index in [4.69, 9.17) is 9.47 Å². The van der Waals surface area contributed by atoms with E-state index in [0.717, 1.165) is 5.56 Å². The summed E-state index contributed by atoms with van der Waals surface area (Å²) in [6.07, 6.45) is 4.74. The SMILES string of the molecule is COc1ccc(C(=O)Nc2ccc(Br)cc2C(=O)N/N=C/c2cccnc2)cc1OC. The highest BCUT2D eigenvalue weighted by Crippen LogP contribution is 2.28. The molecule has 0 saturated carbocycles. The van der Waals surface area contributed by atoms with Crippen molar-refractivity contribution in [3.8, 4) is 11.5 Å². The van der Waals surface area contributed by atoms with Crippen LogP contribution in [0.4, 0.5) is 5.69 Å². The first-order chi connectivity index (χ1) is 15.0. The highest BCUT2D eigenvalue weighted by atomic mass is 79.9. The van der Waals surface area contributed by atoms with Crippen LogP contribution in [0.5, 0.6) is 11.5 Å².